The third kappa shape index (κ3) is 2.77. The molecular formula is C16H20N4O2. The van der Waals surface area contributed by atoms with Crippen molar-refractivity contribution in [2.24, 2.45) is 0 Å². The normalized spacial score (nSPS) is 13.7. The van der Waals surface area contributed by atoms with Crippen LogP contribution in [0.2, 0.25) is 0 Å². The maximum atomic E-state index is 5.89. The summed E-state index contributed by atoms with van der Waals surface area (Å²) in [4.78, 5) is 8.80. The Hall–Kier alpha value is -2.50. The molecule has 3 N–H and O–H groups in total. The van der Waals surface area contributed by atoms with Crippen LogP contribution in [0.1, 0.15) is 18.4 Å². The predicted octanol–water partition coefficient (Wildman–Crippen LogP) is 2.49. The van der Waals surface area contributed by atoms with E-state index in [-0.39, 0.29) is 5.95 Å². The standard InChI is InChI=1S/C16H20N4O2/c1-21-11-7-10(8-12(9-11)22-2)14-13-5-3-4-6-18-15(13)20-16(17)19-14/h7-9H,3-6H2,1-2H3,(H3,17,18,19,20). The molecule has 0 saturated carbocycles. The zero-order chi connectivity index (χ0) is 15.5. The van der Waals surface area contributed by atoms with Crippen LogP contribution in [0.25, 0.3) is 11.3 Å². The Bertz CT molecular complexity index is 666. The SMILES string of the molecule is COc1cc(OC)cc(-c2nc(N)nc3c2CCCCN3)c1. The van der Waals surface area contributed by atoms with E-state index in [1.54, 1.807) is 14.2 Å². The van der Waals surface area contributed by atoms with Crippen molar-refractivity contribution in [3.05, 3.63) is 23.8 Å². The lowest BCUT2D eigenvalue weighted by molar-refractivity contribution is 0.394. The summed E-state index contributed by atoms with van der Waals surface area (Å²) in [6.07, 6.45) is 3.13. The molecule has 6 nitrogen and oxygen atoms in total. The number of hydrogen-bond acceptors (Lipinski definition) is 6. The van der Waals surface area contributed by atoms with Gasteiger partial charge in [0.2, 0.25) is 5.95 Å². The highest BCUT2D eigenvalue weighted by atomic mass is 16.5. The van der Waals surface area contributed by atoms with Crippen LogP contribution in [0.15, 0.2) is 18.2 Å². The average Bonchev–Trinajstić information content (AvgIpc) is 2.78. The maximum absolute atomic E-state index is 5.89. The van der Waals surface area contributed by atoms with Crippen molar-refractivity contribution in [2.45, 2.75) is 19.3 Å². The smallest absolute Gasteiger partial charge is 0.222 e. The number of nitrogens with zero attached hydrogens (tertiary/aromatic N) is 2. The van der Waals surface area contributed by atoms with Crippen LogP contribution in [-0.4, -0.2) is 30.7 Å². The first-order valence-corrected chi connectivity index (χ1v) is 7.35. The summed E-state index contributed by atoms with van der Waals surface area (Å²) in [7, 11) is 3.27. The molecule has 1 aliphatic rings. The topological polar surface area (TPSA) is 82.3 Å². The Morgan fingerprint density at radius 2 is 1.77 bits per heavy atom. The van der Waals surface area contributed by atoms with E-state index in [9.17, 15) is 0 Å². The van der Waals surface area contributed by atoms with E-state index in [4.69, 9.17) is 15.2 Å². The van der Waals surface area contributed by atoms with E-state index in [1.807, 2.05) is 18.2 Å². The second-order valence-electron chi connectivity index (χ2n) is 5.24. The van der Waals surface area contributed by atoms with Crippen molar-refractivity contribution in [3.63, 3.8) is 0 Å². The fraction of sp³-hybridized carbons (Fsp3) is 0.375. The molecule has 0 saturated heterocycles. The quantitative estimate of drug-likeness (QED) is 0.906. The van der Waals surface area contributed by atoms with Gasteiger partial charge in [-0.2, -0.15) is 4.98 Å². The van der Waals surface area contributed by atoms with Gasteiger partial charge in [0, 0.05) is 23.7 Å². The summed E-state index contributed by atoms with van der Waals surface area (Å²) in [6, 6.07) is 5.72. The lowest BCUT2D eigenvalue weighted by Gasteiger charge is -2.14. The Morgan fingerprint density at radius 3 is 2.45 bits per heavy atom. The van der Waals surface area contributed by atoms with Crippen LogP contribution in [-0.2, 0) is 6.42 Å². The molecule has 0 atom stereocenters. The lowest BCUT2D eigenvalue weighted by atomic mass is 10.0. The first-order chi connectivity index (χ1) is 10.7. The second kappa shape index (κ2) is 6.09. The molecule has 1 aliphatic heterocycles. The third-order valence-electron chi connectivity index (χ3n) is 3.80. The van der Waals surface area contributed by atoms with E-state index < -0.39 is 0 Å². The molecule has 0 radical (unpaired) electrons. The van der Waals surface area contributed by atoms with Gasteiger partial charge in [0.15, 0.2) is 0 Å². The van der Waals surface area contributed by atoms with Crippen LogP contribution >= 0.6 is 0 Å². The number of nitrogen functional groups attached to an aromatic ring is 1. The molecule has 0 bridgehead atoms. The minimum atomic E-state index is 0.268. The number of ether oxygens (including phenoxy) is 2. The molecule has 2 aromatic rings. The van der Waals surface area contributed by atoms with Gasteiger partial charge >= 0.3 is 0 Å². The van der Waals surface area contributed by atoms with Gasteiger partial charge in [0.1, 0.15) is 17.3 Å². The van der Waals surface area contributed by atoms with E-state index in [0.717, 1.165) is 59.9 Å². The molecule has 0 aliphatic carbocycles. The van der Waals surface area contributed by atoms with Crippen LogP contribution in [0.5, 0.6) is 11.5 Å². The van der Waals surface area contributed by atoms with Gasteiger partial charge in [0.05, 0.1) is 19.9 Å². The Morgan fingerprint density at radius 1 is 1.05 bits per heavy atom. The predicted molar refractivity (Wildman–Crippen MR) is 86.4 cm³/mol. The summed E-state index contributed by atoms with van der Waals surface area (Å²) >= 11 is 0. The van der Waals surface area contributed by atoms with Crippen LogP contribution in [0.3, 0.4) is 0 Å². The Balaban J connectivity index is 2.17. The van der Waals surface area contributed by atoms with Crippen molar-refractivity contribution in [2.75, 3.05) is 31.8 Å². The number of anilines is 2. The first-order valence-electron chi connectivity index (χ1n) is 7.35. The molecule has 6 heteroatoms. The van der Waals surface area contributed by atoms with Crippen LogP contribution < -0.4 is 20.5 Å². The summed E-state index contributed by atoms with van der Waals surface area (Å²) in [5.74, 6) is 2.55. The van der Waals surface area contributed by atoms with Gasteiger partial charge in [0.25, 0.3) is 0 Å². The van der Waals surface area contributed by atoms with Gasteiger partial charge in [-0.25, -0.2) is 4.98 Å². The fourth-order valence-electron chi connectivity index (χ4n) is 2.70. The van der Waals surface area contributed by atoms with Gasteiger partial charge in [-0.15, -0.1) is 0 Å². The van der Waals surface area contributed by atoms with Gasteiger partial charge < -0.3 is 20.5 Å². The van der Waals surface area contributed by atoms with E-state index in [1.165, 1.54) is 0 Å². The summed E-state index contributed by atoms with van der Waals surface area (Å²) in [6.45, 7) is 0.907. The van der Waals surface area contributed by atoms with E-state index in [2.05, 4.69) is 15.3 Å². The van der Waals surface area contributed by atoms with Crippen molar-refractivity contribution in [1.29, 1.82) is 0 Å². The Labute approximate surface area is 129 Å². The molecule has 0 fully saturated rings. The fourth-order valence-corrected chi connectivity index (χ4v) is 2.70. The van der Waals surface area contributed by atoms with Crippen molar-refractivity contribution in [3.8, 4) is 22.8 Å². The molecule has 0 spiro atoms. The van der Waals surface area contributed by atoms with Gasteiger partial charge in [-0.3, -0.25) is 0 Å². The lowest BCUT2D eigenvalue weighted by Crippen LogP contribution is -2.07. The summed E-state index contributed by atoms with van der Waals surface area (Å²) in [5, 5.41) is 3.34. The van der Waals surface area contributed by atoms with Crippen molar-refractivity contribution < 1.29 is 9.47 Å². The molecule has 2 heterocycles. The molecular weight excluding hydrogens is 280 g/mol. The number of benzene rings is 1. The largest absolute Gasteiger partial charge is 0.497 e. The molecule has 1 aromatic carbocycles. The minimum Gasteiger partial charge on any atom is -0.497 e. The van der Waals surface area contributed by atoms with Crippen LogP contribution in [0.4, 0.5) is 11.8 Å². The van der Waals surface area contributed by atoms with E-state index in [0.29, 0.717) is 0 Å². The highest BCUT2D eigenvalue weighted by Gasteiger charge is 2.18. The number of nitrogens with two attached hydrogens (primary N) is 1. The number of rotatable bonds is 3. The van der Waals surface area contributed by atoms with E-state index >= 15 is 0 Å². The number of nitrogens with one attached hydrogen (secondary N) is 1. The maximum Gasteiger partial charge on any atom is 0.222 e. The Kier molecular flexibility index (Phi) is 4.00. The molecule has 22 heavy (non-hydrogen) atoms. The minimum absolute atomic E-state index is 0.268. The highest BCUT2D eigenvalue weighted by molar-refractivity contribution is 5.72. The zero-order valence-corrected chi connectivity index (χ0v) is 12.8. The number of hydrogen-bond donors (Lipinski definition) is 2. The van der Waals surface area contributed by atoms with Gasteiger partial charge in [-0.1, -0.05) is 0 Å². The van der Waals surface area contributed by atoms with Crippen molar-refractivity contribution >= 4 is 11.8 Å². The molecule has 0 amide bonds. The third-order valence-corrected chi connectivity index (χ3v) is 3.80. The van der Waals surface area contributed by atoms with Gasteiger partial charge in [-0.05, 0) is 31.4 Å². The summed E-state index contributed by atoms with van der Waals surface area (Å²) in [5.41, 5.74) is 8.75. The second-order valence-corrected chi connectivity index (χ2v) is 5.24. The number of aromatic nitrogens is 2. The molecule has 1 aromatic heterocycles. The monoisotopic (exact) mass is 300 g/mol. The van der Waals surface area contributed by atoms with Crippen molar-refractivity contribution in [1.82, 2.24) is 9.97 Å². The molecule has 116 valence electrons. The molecule has 0 unspecified atom stereocenters. The van der Waals surface area contributed by atoms with Crippen LogP contribution in [0, 0.1) is 0 Å². The first kappa shape index (κ1) is 14.4. The number of methoxy groups -OCH3 is 2. The highest BCUT2D eigenvalue weighted by Crippen LogP contribution is 2.34. The summed E-state index contributed by atoms with van der Waals surface area (Å²) < 4.78 is 10.7. The average molecular weight is 300 g/mol. The number of fused-ring (bicyclic) bond motifs is 1. The molecule has 3 rings (SSSR count). The zero-order valence-electron chi connectivity index (χ0n) is 12.8.